The zero-order valence-electron chi connectivity index (χ0n) is 12.1. The Labute approximate surface area is 138 Å². The van der Waals surface area contributed by atoms with Crippen molar-refractivity contribution in [3.8, 4) is 5.75 Å². The van der Waals surface area contributed by atoms with Crippen LogP contribution in [0.25, 0.3) is 0 Å². The maximum absolute atomic E-state index is 12.5. The molecule has 0 aliphatic carbocycles. The summed E-state index contributed by atoms with van der Waals surface area (Å²) in [6, 6.07) is 8.52. The maximum atomic E-state index is 12.5. The van der Waals surface area contributed by atoms with E-state index in [0.29, 0.717) is 16.8 Å². The average Bonchev–Trinajstić information content (AvgIpc) is 2.53. The standard InChI is InChI=1S/C15H17BrN2O3S/c1-2-8-21-14-6-5-13(16)9-15(14)22(19,20)18-11-12-4-3-7-17-10-12/h3-7,9-10,18H,2,8,11H2,1H3. The predicted molar refractivity (Wildman–Crippen MR) is 88.2 cm³/mol. The van der Waals surface area contributed by atoms with E-state index in [1.165, 1.54) is 6.07 Å². The van der Waals surface area contributed by atoms with Crippen molar-refractivity contribution in [2.45, 2.75) is 24.8 Å². The summed E-state index contributed by atoms with van der Waals surface area (Å²) in [6.07, 6.45) is 4.07. The molecule has 118 valence electrons. The van der Waals surface area contributed by atoms with Gasteiger partial charge in [-0.3, -0.25) is 4.98 Å². The summed E-state index contributed by atoms with van der Waals surface area (Å²) < 4.78 is 33.8. The Hall–Kier alpha value is -1.44. The normalized spacial score (nSPS) is 11.4. The lowest BCUT2D eigenvalue weighted by molar-refractivity contribution is 0.309. The highest BCUT2D eigenvalue weighted by Gasteiger charge is 2.20. The highest BCUT2D eigenvalue weighted by molar-refractivity contribution is 9.10. The first-order valence-corrected chi connectivity index (χ1v) is 9.11. The number of benzene rings is 1. The molecule has 0 atom stereocenters. The van der Waals surface area contributed by atoms with Crippen LogP contribution < -0.4 is 9.46 Å². The molecule has 2 rings (SSSR count). The molecule has 0 unspecified atom stereocenters. The molecule has 0 aliphatic heterocycles. The Morgan fingerprint density at radius 3 is 2.82 bits per heavy atom. The molecule has 1 heterocycles. The lowest BCUT2D eigenvalue weighted by Crippen LogP contribution is -2.24. The third-order valence-electron chi connectivity index (χ3n) is 2.85. The first-order valence-electron chi connectivity index (χ1n) is 6.84. The molecule has 7 heteroatoms. The smallest absolute Gasteiger partial charge is 0.244 e. The minimum atomic E-state index is -3.67. The zero-order valence-corrected chi connectivity index (χ0v) is 14.5. The van der Waals surface area contributed by atoms with Crippen molar-refractivity contribution in [2.24, 2.45) is 0 Å². The second kappa shape index (κ2) is 7.71. The van der Waals surface area contributed by atoms with Crippen LogP contribution in [0.1, 0.15) is 18.9 Å². The molecule has 1 aromatic heterocycles. The number of sulfonamides is 1. The van der Waals surface area contributed by atoms with Crippen LogP contribution in [-0.4, -0.2) is 20.0 Å². The van der Waals surface area contributed by atoms with Crippen LogP contribution in [0, 0.1) is 0 Å². The second-order valence-electron chi connectivity index (χ2n) is 4.63. The van der Waals surface area contributed by atoms with Gasteiger partial charge in [0.25, 0.3) is 0 Å². The number of hydrogen-bond acceptors (Lipinski definition) is 4. The number of rotatable bonds is 7. The van der Waals surface area contributed by atoms with Crippen molar-refractivity contribution >= 4 is 26.0 Å². The van der Waals surface area contributed by atoms with Crippen LogP contribution in [0.15, 0.2) is 52.1 Å². The van der Waals surface area contributed by atoms with Crippen LogP contribution in [0.3, 0.4) is 0 Å². The summed E-state index contributed by atoms with van der Waals surface area (Å²) >= 11 is 3.30. The van der Waals surface area contributed by atoms with Crippen molar-refractivity contribution in [1.29, 1.82) is 0 Å². The van der Waals surface area contributed by atoms with Gasteiger partial charge in [0.15, 0.2) is 0 Å². The van der Waals surface area contributed by atoms with Gasteiger partial charge in [-0.2, -0.15) is 0 Å². The number of pyridine rings is 1. The summed E-state index contributed by atoms with van der Waals surface area (Å²) in [7, 11) is -3.67. The monoisotopic (exact) mass is 384 g/mol. The van der Waals surface area contributed by atoms with E-state index in [-0.39, 0.29) is 11.4 Å². The predicted octanol–water partition coefficient (Wildman–Crippen LogP) is 3.11. The van der Waals surface area contributed by atoms with E-state index in [4.69, 9.17) is 4.74 Å². The van der Waals surface area contributed by atoms with E-state index in [1.807, 2.05) is 13.0 Å². The van der Waals surface area contributed by atoms with Gasteiger partial charge in [0.05, 0.1) is 6.61 Å². The van der Waals surface area contributed by atoms with Crippen molar-refractivity contribution in [2.75, 3.05) is 6.61 Å². The molecule has 0 fully saturated rings. The Morgan fingerprint density at radius 2 is 2.14 bits per heavy atom. The van der Waals surface area contributed by atoms with Crippen LogP contribution in [-0.2, 0) is 16.6 Å². The van der Waals surface area contributed by atoms with E-state index in [2.05, 4.69) is 25.6 Å². The van der Waals surface area contributed by atoms with Gasteiger partial charge >= 0.3 is 0 Å². The van der Waals surface area contributed by atoms with Gasteiger partial charge in [-0.15, -0.1) is 0 Å². The van der Waals surface area contributed by atoms with Gasteiger partial charge in [-0.05, 0) is 36.2 Å². The Balaban J connectivity index is 2.22. The Morgan fingerprint density at radius 1 is 1.32 bits per heavy atom. The van der Waals surface area contributed by atoms with Crippen molar-refractivity contribution in [3.63, 3.8) is 0 Å². The molecule has 0 amide bonds. The van der Waals surface area contributed by atoms with Crippen LogP contribution in [0.5, 0.6) is 5.75 Å². The molecule has 22 heavy (non-hydrogen) atoms. The SMILES string of the molecule is CCCOc1ccc(Br)cc1S(=O)(=O)NCc1cccnc1. The van der Waals surface area contributed by atoms with Crippen LogP contribution in [0.4, 0.5) is 0 Å². The number of ether oxygens (including phenoxy) is 1. The molecule has 1 N–H and O–H groups in total. The first kappa shape index (κ1) is 16.9. The number of nitrogens with one attached hydrogen (secondary N) is 1. The van der Waals surface area contributed by atoms with Gasteiger partial charge < -0.3 is 4.74 Å². The van der Waals surface area contributed by atoms with Crippen LogP contribution in [0.2, 0.25) is 0 Å². The molecule has 0 radical (unpaired) electrons. The topological polar surface area (TPSA) is 68.3 Å². The fourth-order valence-electron chi connectivity index (χ4n) is 1.78. The highest BCUT2D eigenvalue weighted by atomic mass is 79.9. The van der Waals surface area contributed by atoms with Gasteiger partial charge in [-0.1, -0.05) is 28.9 Å². The molecule has 0 saturated carbocycles. The fourth-order valence-corrected chi connectivity index (χ4v) is 3.48. The van der Waals surface area contributed by atoms with E-state index in [9.17, 15) is 8.42 Å². The van der Waals surface area contributed by atoms with Crippen molar-refractivity contribution in [1.82, 2.24) is 9.71 Å². The van der Waals surface area contributed by atoms with E-state index in [1.54, 1.807) is 30.6 Å². The van der Waals surface area contributed by atoms with E-state index < -0.39 is 10.0 Å². The van der Waals surface area contributed by atoms with Gasteiger partial charge in [-0.25, -0.2) is 13.1 Å². The molecule has 0 spiro atoms. The summed E-state index contributed by atoms with van der Waals surface area (Å²) in [6.45, 7) is 2.61. The van der Waals surface area contributed by atoms with E-state index >= 15 is 0 Å². The first-order chi connectivity index (χ1) is 10.5. The lowest BCUT2D eigenvalue weighted by Gasteiger charge is -2.13. The lowest BCUT2D eigenvalue weighted by atomic mass is 10.3. The summed E-state index contributed by atoms with van der Waals surface area (Å²) in [5, 5.41) is 0. The second-order valence-corrected chi connectivity index (χ2v) is 7.28. The third kappa shape index (κ3) is 4.53. The Bertz CT molecular complexity index is 721. The minimum absolute atomic E-state index is 0.124. The largest absolute Gasteiger partial charge is 0.492 e. The fraction of sp³-hybridized carbons (Fsp3) is 0.267. The quantitative estimate of drug-likeness (QED) is 0.795. The molecule has 2 aromatic rings. The molecule has 0 aliphatic rings. The maximum Gasteiger partial charge on any atom is 0.244 e. The van der Waals surface area contributed by atoms with Crippen molar-refractivity contribution < 1.29 is 13.2 Å². The summed E-state index contributed by atoms with van der Waals surface area (Å²) in [5.41, 5.74) is 0.789. The molecule has 0 saturated heterocycles. The van der Waals surface area contributed by atoms with Gasteiger partial charge in [0.2, 0.25) is 10.0 Å². The van der Waals surface area contributed by atoms with Crippen LogP contribution >= 0.6 is 15.9 Å². The van der Waals surface area contributed by atoms with Gasteiger partial charge in [0.1, 0.15) is 10.6 Å². The van der Waals surface area contributed by atoms with Crippen molar-refractivity contribution in [3.05, 3.63) is 52.8 Å². The minimum Gasteiger partial charge on any atom is -0.492 e. The average molecular weight is 385 g/mol. The third-order valence-corrected chi connectivity index (χ3v) is 4.76. The number of nitrogens with zero attached hydrogens (tertiary/aromatic N) is 1. The molecule has 0 bridgehead atoms. The molecule has 5 nitrogen and oxygen atoms in total. The van der Waals surface area contributed by atoms with Gasteiger partial charge in [0, 0.05) is 23.4 Å². The highest BCUT2D eigenvalue weighted by Crippen LogP contribution is 2.27. The molecular formula is C15H17BrN2O3S. The molecular weight excluding hydrogens is 368 g/mol. The molecule has 1 aromatic carbocycles. The Kier molecular flexibility index (Phi) is 5.93. The number of halogens is 1. The summed E-state index contributed by atoms with van der Waals surface area (Å²) in [4.78, 5) is 4.09. The number of aromatic nitrogens is 1. The number of hydrogen-bond donors (Lipinski definition) is 1. The van der Waals surface area contributed by atoms with E-state index in [0.717, 1.165) is 12.0 Å². The zero-order chi connectivity index (χ0) is 16.0. The summed E-state index contributed by atoms with van der Waals surface area (Å²) in [5.74, 6) is 0.351.